The van der Waals surface area contributed by atoms with Gasteiger partial charge in [-0.25, -0.2) is 4.39 Å². The molecule has 2 N–H and O–H groups in total. The van der Waals surface area contributed by atoms with Crippen molar-refractivity contribution in [2.45, 2.75) is 51.4 Å². The number of carbonyl (C=O) groups excluding carboxylic acids is 2. The predicted octanol–water partition coefficient (Wildman–Crippen LogP) is 4.82. The normalized spacial score (nSPS) is 12.8. The second-order valence-corrected chi connectivity index (χ2v) is 9.48. The molecule has 1 aliphatic rings. The average Bonchev–Trinajstić information content (AvgIpc) is 3.32. The summed E-state index contributed by atoms with van der Waals surface area (Å²) in [4.78, 5) is 24.3. The molecule has 36 heavy (non-hydrogen) atoms. The molecule has 0 fully saturated rings. The van der Waals surface area contributed by atoms with Crippen molar-refractivity contribution in [2.24, 2.45) is 0 Å². The highest BCUT2D eigenvalue weighted by Gasteiger charge is 2.12. The average molecular weight is 507 g/mol. The number of amides is 2. The number of nitrogens with zero attached hydrogens (tertiary/aromatic N) is 4. The fourth-order valence-electron chi connectivity index (χ4n) is 3.70. The Labute approximate surface area is 212 Å². The second-order valence-electron chi connectivity index (χ2n) is 8.42. The Bertz CT molecular complexity index is 1260. The lowest BCUT2D eigenvalue weighted by Gasteiger charge is -2.07. The Morgan fingerprint density at radius 2 is 1.72 bits per heavy atom. The fourth-order valence-corrected chi connectivity index (χ4v) is 4.49. The SMILES string of the molecule is O=C(CC1=CCCC=C1)Nc1ccc(CCCCc2nnc(NC(=O)Cc3ccccc3F)s2)nn1. The maximum atomic E-state index is 13.7. The van der Waals surface area contributed by atoms with E-state index in [-0.39, 0.29) is 18.2 Å². The number of hydrogen-bond donors (Lipinski definition) is 2. The largest absolute Gasteiger partial charge is 0.309 e. The lowest BCUT2D eigenvalue weighted by Crippen LogP contribution is -2.15. The van der Waals surface area contributed by atoms with Gasteiger partial charge in [0, 0.05) is 6.42 Å². The van der Waals surface area contributed by atoms with Gasteiger partial charge in [0.1, 0.15) is 10.8 Å². The van der Waals surface area contributed by atoms with Crippen molar-refractivity contribution in [1.29, 1.82) is 0 Å². The fraction of sp³-hybridized carbons (Fsp3) is 0.308. The predicted molar refractivity (Wildman–Crippen MR) is 137 cm³/mol. The van der Waals surface area contributed by atoms with Crippen LogP contribution in [0.15, 0.2) is 60.2 Å². The van der Waals surface area contributed by atoms with E-state index in [0.717, 1.165) is 54.8 Å². The molecule has 0 saturated carbocycles. The number of rotatable bonds is 11. The number of anilines is 2. The van der Waals surface area contributed by atoms with Crippen LogP contribution in [0.3, 0.4) is 0 Å². The molecule has 0 saturated heterocycles. The van der Waals surface area contributed by atoms with Crippen molar-refractivity contribution >= 4 is 34.1 Å². The number of halogens is 1. The molecule has 0 spiro atoms. The smallest absolute Gasteiger partial charge is 0.230 e. The number of aromatic nitrogens is 4. The van der Waals surface area contributed by atoms with Gasteiger partial charge in [-0.2, -0.15) is 5.10 Å². The molecule has 2 aromatic heterocycles. The van der Waals surface area contributed by atoms with Gasteiger partial charge >= 0.3 is 0 Å². The summed E-state index contributed by atoms with van der Waals surface area (Å²) in [6.07, 6.45) is 11.7. The molecular formula is C26H27FN6O2S. The van der Waals surface area contributed by atoms with Crippen LogP contribution in [0.4, 0.5) is 15.3 Å². The van der Waals surface area contributed by atoms with Crippen LogP contribution in [0.5, 0.6) is 0 Å². The number of hydrogen-bond acceptors (Lipinski definition) is 7. The molecule has 8 nitrogen and oxygen atoms in total. The van der Waals surface area contributed by atoms with Crippen molar-refractivity contribution < 1.29 is 14.0 Å². The highest BCUT2D eigenvalue weighted by Crippen LogP contribution is 2.19. The standard InChI is InChI=1S/C26H27FN6O2S/c27-21-12-6-4-10-19(21)17-24(35)29-26-33-32-25(36-26)13-7-5-11-20-14-15-22(31-30-20)28-23(34)16-18-8-2-1-3-9-18/h2,4,6,8-10,12,14-15H,1,3,5,7,11,13,16-17H2,(H,28,31,34)(H,29,33,35). The molecule has 0 bridgehead atoms. The number of nitrogens with one attached hydrogen (secondary N) is 2. The molecule has 2 heterocycles. The molecule has 0 radical (unpaired) electrons. The van der Waals surface area contributed by atoms with Crippen LogP contribution in [0.2, 0.25) is 0 Å². The number of unbranched alkanes of at least 4 members (excludes halogenated alkanes) is 1. The molecule has 2 amide bonds. The Balaban J connectivity index is 1.15. The quantitative estimate of drug-likeness (QED) is 0.361. The lowest BCUT2D eigenvalue weighted by atomic mass is 10.0. The third-order valence-corrected chi connectivity index (χ3v) is 6.42. The molecule has 0 unspecified atom stereocenters. The highest BCUT2D eigenvalue weighted by atomic mass is 32.1. The summed E-state index contributed by atoms with van der Waals surface area (Å²) >= 11 is 1.32. The molecule has 4 rings (SSSR count). The highest BCUT2D eigenvalue weighted by molar-refractivity contribution is 7.15. The maximum Gasteiger partial charge on any atom is 0.230 e. The van der Waals surface area contributed by atoms with Gasteiger partial charge in [0.25, 0.3) is 0 Å². The van der Waals surface area contributed by atoms with Crippen LogP contribution in [0.1, 0.15) is 48.4 Å². The van der Waals surface area contributed by atoms with Gasteiger partial charge in [-0.05, 0) is 61.4 Å². The Morgan fingerprint density at radius 3 is 2.50 bits per heavy atom. The molecule has 1 aliphatic carbocycles. The first-order valence-electron chi connectivity index (χ1n) is 11.9. The van der Waals surface area contributed by atoms with E-state index >= 15 is 0 Å². The van der Waals surface area contributed by atoms with Crippen molar-refractivity contribution in [3.8, 4) is 0 Å². The molecule has 1 aromatic carbocycles. The third kappa shape index (κ3) is 7.88. The maximum absolute atomic E-state index is 13.7. The zero-order valence-corrected chi connectivity index (χ0v) is 20.6. The minimum Gasteiger partial charge on any atom is -0.309 e. The van der Waals surface area contributed by atoms with Gasteiger partial charge in [-0.3, -0.25) is 9.59 Å². The Morgan fingerprint density at radius 1 is 0.889 bits per heavy atom. The minimum atomic E-state index is -0.403. The van der Waals surface area contributed by atoms with Crippen LogP contribution in [0.25, 0.3) is 0 Å². The molecule has 3 aromatic rings. The van der Waals surface area contributed by atoms with Crippen LogP contribution in [-0.4, -0.2) is 32.2 Å². The van der Waals surface area contributed by atoms with Crippen LogP contribution >= 0.6 is 11.3 Å². The summed E-state index contributed by atoms with van der Waals surface area (Å²) in [6, 6.07) is 9.84. The first kappa shape index (κ1) is 25.3. The summed E-state index contributed by atoms with van der Waals surface area (Å²) in [5, 5.41) is 23.1. The number of carbonyl (C=O) groups is 2. The van der Waals surface area contributed by atoms with Gasteiger partial charge in [0.2, 0.25) is 16.9 Å². The molecular weight excluding hydrogens is 479 g/mol. The molecule has 10 heteroatoms. The van der Waals surface area contributed by atoms with Crippen molar-refractivity contribution in [3.05, 3.63) is 82.3 Å². The van der Waals surface area contributed by atoms with E-state index in [2.05, 4.69) is 43.2 Å². The first-order valence-corrected chi connectivity index (χ1v) is 12.7. The van der Waals surface area contributed by atoms with Crippen molar-refractivity contribution in [3.63, 3.8) is 0 Å². The van der Waals surface area contributed by atoms with E-state index in [1.54, 1.807) is 24.3 Å². The van der Waals surface area contributed by atoms with E-state index in [1.165, 1.54) is 17.4 Å². The van der Waals surface area contributed by atoms with Gasteiger partial charge in [0.15, 0.2) is 5.82 Å². The van der Waals surface area contributed by atoms with Gasteiger partial charge in [-0.1, -0.05) is 47.8 Å². The lowest BCUT2D eigenvalue weighted by molar-refractivity contribution is -0.116. The third-order valence-electron chi connectivity index (χ3n) is 5.52. The van der Waals surface area contributed by atoms with E-state index < -0.39 is 5.82 Å². The van der Waals surface area contributed by atoms with E-state index in [1.807, 2.05) is 12.1 Å². The zero-order valence-electron chi connectivity index (χ0n) is 19.7. The monoisotopic (exact) mass is 506 g/mol. The van der Waals surface area contributed by atoms with Crippen LogP contribution < -0.4 is 10.6 Å². The zero-order chi connectivity index (χ0) is 25.2. The number of allylic oxidation sites excluding steroid dienone is 3. The van der Waals surface area contributed by atoms with E-state index in [0.29, 0.717) is 22.9 Å². The second kappa shape index (κ2) is 12.8. The number of benzene rings is 1. The molecule has 186 valence electrons. The van der Waals surface area contributed by atoms with Gasteiger partial charge in [-0.15, -0.1) is 15.3 Å². The summed E-state index contributed by atoms with van der Waals surface area (Å²) in [6.45, 7) is 0. The topological polar surface area (TPSA) is 110 Å². The summed E-state index contributed by atoms with van der Waals surface area (Å²) in [5.74, 6) is -0.388. The Kier molecular flexibility index (Phi) is 8.98. The first-order chi connectivity index (χ1) is 17.5. The summed E-state index contributed by atoms with van der Waals surface area (Å²) < 4.78 is 13.7. The molecule has 0 aliphatic heterocycles. The van der Waals surface area contributed by atoms with Gasteiger partial charge < -0.3 is 10.6 Å². The van der Waals surface area contributed by atoms with E-state index in [4.69, 9.17) is 0 Å². The van der Waals surface area contributed by atoms with Crippen molar-refractivity contribution in [2.75, 3.05) is 10.6 Å². The molecule has 0 atom stereocenters. The minimum absolute atomic E-state index is 0.0550. The van der Waals surface area contributed by atoms with Crippen molar-refractivity contribution in [1.82, 2.24) is 20.4 Å². The number of aryl methyl sites for hydroxylation is 2. The summed E-state index contributed by atoms with van der Waals surface area (Å²) in [7, 11) is 0. The van der Waals surface area contributed by atoms with Crippen LogP contribution in [-0.2, 0) is 28.9 Å². The summed E-state index contributed by atoms with van der Waals surface area (Å²) in [5.41, 5.74) is 2.22. The Hall–Kier alpha value is -3.79. The van der Waals surface area contributed by atoms with Gasteiger partial charge in [0.05, 0.1) is 18.5 Å². The van der Waals surface area contributed by atoms with E-state index in [9.17, 15) is 14.0 Å². The van der Waals surface area contributed by atoms with Crippen LogP contribution in [0, 0.1) is 5.82 Å².